The Morgan fingerprint density at radius 1 is 0.179 bits per heavy atom. The maximum Gasteiger partial charge on any atom is 0.136 e. The molecule has 0 amide bonds. The molecule has 0 aliphatic heterocycles. The van der Waals surface area contributed by atoms with E-state index < -0.39 is 0 Å². The lowest BCUT2D eigenvalue weighted by atomic mass is 9.90. The molecule has 21 rings (SSSR count). The summed E-state index contributed by atoms with van der Waals surface area (Å²) in [6.07, 6.45) is 0. The molecule has 21 aromatic rings. The van der Waals surface area contributed by atoms with Crippen molar-refractivity contribution >= 4 is 152 Å². The molecular weight excluding hydrogens is 1300 g/mol. The Balaban J connectivity index is 0.673. The van der Waals surface area contributed by atoms with Crippen LogP contribution in [0.1, 0.15) is 0 Å². The van der Waals surface area contributed by atoms with Gasteiger partial charge in [-0.1, -0.05) is 279 Å². The van der Waals surface area contributed by atoms with Crippen LogP contribution in [0.15, 0.2) is 393 Å². The van der Waals surface area contributed by atoms with Crippen LogP contribution in [0, 0.1) is 0 Å². The molecule has 0 atom stereocenters. The van der Waals surface area contributed by atoms with Crippen molar-refractivity contribution in [3.63, 3.8) is 0 Å². The molecule has 494 valence electrons. The molecule has 0 spiro atoms. The Hall–Kier alpha value is -13.6. The van der Waals surface area contributed by atoms with Gasteiger partial charge in [0.25, 0.3) is 0 Å². The topological polar surface area (TPSA) is 19.6 Å². The largest absolute Gasteiger partial charge is 0.456 e. The Labute approximate surface area is 617 Å². The standard InChI is InChI=1S/C102H64N2OS/c1-2-22-68-57-73(46-42-65(68)21-1)80-25-9-15-35-95(80)103(77-52-49-66(50-53-77)71-51-55-89-88-33-13-19-39-99(88)105-100(89)63-71)97-37-17-11-31-86(97)94-62-75-48-45-70(60-92(75)83-28-6-8-30-85(83)94)69-44-41-67-43-47-74(59-76(67)58-69)81-26-10-16-36-96(81)104(78-54-56-91-90-34-14-20-40-101(90)106-102(91)64-78)98-38-18-12-32-87(98)93-61-72-23-3-4-24-79(72)82-27-5-7-29-84(82)93/h1-64H. The van der Waals surface area contributed by atoms with Crippen LogP contribution in [0.2, 0.25) is 0 Å². The third kappa shape index (κ3) is 10.3. The van der Waals surface area contributed by atoms with E-state index in [-0.39, 0.29) is 0 Å². The third-order valence-electron chi connectivity index (χ3n) is 21.8. The Morgan fingerprint density at radius 3 is 1.25 bits per heavy atom. The SMILES string of the molecule is c1ccc(N(c2ccc3c(c2)sc2ccccc23)c2ccccc2-c2cc3ccccc3c3ccccc23)c(-c2ccc3ccc(-c4ccc5cc(-c6ccccc6N(c6ccc(-c7ccc8c(c7)oc7ccccc78)cc6)c6ccccc6-c6ccc7ccccc7c6)c6ccccc6c5c4)cc3c2)c1. The molecule has 0 unspecified atom stereocenters. The summed E-state index contributed by atoms with van der Waals surface area (Å²) < 4.78 is 8.94. The van der Waals surface area contributed by atoms with Crippen molar-refractivity contribution in [2.75, 3.05) is 9.80 Å². The van der Waals surface area contributed by atoms with Crippen molar-refractivity contribution in [2.45, 2.75) is 0 Å². The molecule has 0 radical (unpaired) electrons. The number of para-hydroxylation sites is 5. The zero-order valence-corrected chi connectivity index (χ0v) is 58.5. The molecule has 0 aliphatic carbocycles. The minimum Gasteiger partial charge on any atom is -0.456 e. The van der Waals surface area contributed by atoms with Crippen molar-refractivity contribution in [2.24, 2.45) is 0 Å². The quantitative estimate of drug-likeness (QED) is 0.114. The number of rotatable bonds is 12. The summed E-state index contributed by atoms with van der Waals surface area (Å²) in [5.41, 5.74) is 22.1. The molecule has 0 saturated carbocycles. The summed E-state index contributed by atoms with van der Waals surface area (Å²) in [5.74, 6) is 0. The van der Waals surface area contributed by atoms with Gasteiger partial charge in [-0.2, -0.15) is 0 Å². The average Bonchev–Trinajstić information content (AvgIpc) is 0.893. The molecule has 106 heavy (non-hydrogen) atoms. The van der Waals surface area contributed by atoms with E-state index in [0.29, 0.717) is 0 Å². The van der Waals surface area contributed by atoms with Gasteiger partial charge >= 0.3 is 0 Å². The normalized spacial score (nSPS) is 11.8. The first kappa shape index (κ1) is 61.1. The Bertz CT molecular complexity index is 7120. The summed E-state index contributed by atoms with van der Waals surface area (Å²) in [6, 6.07) is 144. The van der Waals surface area contributed by atoms with Gasteiger partial charge in [0.05, 0.1) is 22.7 Å². The van der Waals surface area contributed by atoms with E-state index in [9.17, 15) is 0 Å². The molecule has 3 nitrogen and oxygen atoms in total. The van der Waals surface area contributed by atoms with Crippen molar-refractivity contribution in [3.8, 4) is 66.8 Å². The van der Waals surface area contributed by atoms with Gasteiger partial charge < -0.3 is 14.2 Å². The highest BCUT2D eigenvalue weighted by atomic mass is 32.1. The first-order valence-corrected chi connectivity index (χ1v) is 37.2. The fraction of sp³-hybridized carbons (Fsp3) is 0. The number of furan rings is 1. The Morgan fingerprint density at radius 2 is 0.575 bits per heavy atom. The maximum absolute atomic E-state index is 6.40. The number of hydrogen-bond acceptors (Lipinski definition) is 4. The second-order valence-corrected chi connectivity index (χ2v) is 28.9. The first-order chi connectivity index (χ1) is 52.5. The molecule has 2 aromatic heterocycles. The van der Waals surface area contributed by atoms with Gasteiger partial charge in [0, 0.05) is 64.6 Å². The number of anilines is 6. The average molecular weight is 1370 g/mol. The molecule has 0 fully saturated rings. The zero-order valence-electron chi connectivity index (χ0n) is 57.7. The Kier molecular flexibility index (Phi) is 14.5. The van der Waals surface area contributed by atoms with Gasteiger partial charge in [0.1, 0.15) is 11.2 Å². The van der Waals surface area contributed by atoms with Crippen LogP contribution in [0.25, 0.3) is 174 Å². The lowest BCUT2D eigenvalue weighted by molar-refractivity contribution is 0.669. The van der Waals surface area contributed by atoms with Crippen LogP contribution in [0.4, 0.5) is 34.1 Å². The van der Waals surface area contributed by atoms with E-state index in [1.54, 1.807) is 0 Å². The van der Waals surface area contributed by atoms with Crippen LogP contribution in [0.5, 0.6) is 0 Å². The number of benzene rings is 19. The molecule has 0 aliphatic rings. The molecule has 0 saturated heterocycles. The van der Waals surface area contributed by atoms with E-state index in [1.807, 2.05) is 23.5 Å². The van der Waals surface area contributed by atoms with Crippen molar-refractivity contribution in [1.82, 2.24) is 0 Å². The van der Waals surface area contributed by atoms with Gasteiger partial charge in [-0.15, -0.1) is 11.3 Å². The first-order valence-electron chi connectivity index (χ1n) is 36.3. The highest BCUT2D eigenvalue weighted by molar-refractivity contribution is 7.25. The zero-order chi connectivity index (χ0) is 69.8. The van der Waals surface area contributed by atoms with E-state index >= 15 is 0 Å². The summed E-state index contributed by atoms with van der Waals surface area (Å²) in [7, 11) is 0. The highest BCUT2D eigenvalue weighted by Gasteiger charge is 2.26. The molecule has 4 heteroatoms. The molecule has 0 bridgehead atoms. The van der Waals surface area contributed by atoms with Crippen molar-refractivity contribution < 1.29 is 4.42 Å². The number of fused-ring (bicyclic) bond motifs is 14. The predicted octanol–water partition coefficient (Wildman–Crippen LogP) is 29.8. The minimum absolute atomic E-state index is 0.883. The summed E-state index contributed by atoms with van der Waals surface area (Å²) in [4.78, 5) is 4.98. The number of thiophene rings is 1. The van der Waals surface area contributed by atoms with Crippen LogP contribution in [-0.2, 0) is 0 Å². The fourth-order valence-electron chi connectivity index (χ4n) is 16.7. The fourth-order valence-corrected chi connectivity index (χ4v) is 17.9. The maximum atomic E-state index is 6.40. The summed E-state index contributed by atoms with van der Waals surface area (Å²) in [6.45, 7) is 0. The second kappa shape index (κ2) is 25.1. The van der Waals surface area contributed by atoms with Gasteiger partial charge in [-0.05, 0) is 218 Å². The lowest BCUT2D eigenvalue weighted by Crippen LogP contribution is -2.12. The van der Waals surface area contributed by atoms with Crippen molar-refractivity contribution in [3.05, 3.63) is 388 Å². The second-order valence-electron chi connectivity index (χ2n) is 27.8. The van der Waals surface area contributed by atoms with Crippen LogP contribution >= 0.6 is 11.3 Å². The smallest absolute Gasteiger partial charge is 0.136 e. The van der Waals surface area contributed by atoms with Crippen LogP contribution in [-0.4, -0.2) is 0 Å². The highest BCUT2D eigenvalue weighted by Crippen LogP contribution is 2.51. The lowest BCUT2D eigenvalue weighted by Gasteiger charge is -2.30. The molecule has 19 aromatic carbocycles. The van der Waals surface area contributed by atoms with Crippen LogP contribution in [0.3, 0.4) is 0 Å². The van der Waals surface area contributed by atoms with E-state index in [1.165, 1.54) is 95.9 Å². The van der Waals surface area contributed by atoms with Gasteiger partial charge in [0.15, 0.2) is 0 Å². The molecule has 2 heterocycles. The molecule has 0 N–H and O–H groups in total. The molecular formula is C102H64N2OS. The van der Waals surface area contributed by atoms with E-state index in [0.717, 1.165) is 112 Å². The minimum atomic E-state index is 0.883. The van der Waals surface area contributed by atoms with E-state index in [4.69, 9.17) is 4.42 Å². The van der Waals surface area contributed by atoms with Gasteiger partial charge in [-0.25, -0.2) is 0 Å². The van der Waals surface area contributed by atoms with Gasteiger partial charge in [-0.3, -0.25) is 0 Å². The summed E-state index contributed by atoms with van der Waals surface area (Å²) >= 11 is 1.86. The number of nitrogens with zero attached hydrogens (tertiary/aromatic N) is 2. The number of hydrogen-bond donors (Lipinski definition) is 0. The summed E-state index contributed by atoms with van der Waals surface area (Å²) in [5, 5.41) is 19.3. The monoisotopic (exact) mass is 1360 g/mol. The van der Waals surface area contributed by atoms with Gasteiger partial charge in [0.2, 0.25) is 0 Å². The third-order valence-corrected chi connectivity index (χ3v) is 22.9. The van der Waals surface area contributed by atoms with Crippen LogP contribution < -0.4 is 9.80 Å². The van der Waals surface area contributed by atoms with Crippen molar-refractivity contribution in [1.29, 1.82) is 0 Å². The predicted molar refractivity (Wildman–Crippen MR) is 454 cm³/mol. The van der Waals surface area contributed by atoms with E-state index in [2.05, 4.69) is 386 Å².